The van der Waals surface area contributed by atoms with E-state index in [-0.39, 0.29) is 0 Å². The Bertz CT molecular complexity index is 939. The van der Waals surface area contributed by atoms with Crippen LogP contribution in [0.1, 0.15) is 5.69 Å². The standard InChI is InChI=1S/C19H15N5S/c1-2-7-17(8-3-1)24-18(15-9-12-20-13-10-15)22-23-19(24)25-14-16-6-4-5-11-21-16/h1-13H,14H2. The molecule has 0 unspecified atom stereocenters. The normalized spacial score (nSPS) is 10.7. The lowest BCUT2D eigenvalue weighted by atomic mass is 10.2. The first-order chi connectivity index (χ1) is 12.4. The molecule has 4 aromatic rings. The smallest absolute Gasteiger partial charge is 0.196 e. The SMILES string of the molecule is c1ccc(-n2c(SCc3ccccn3)nnc2-c2ccncc2)cc1. The average Bonchev–Trinajstić information content (AvgIpc) is 3.12. The summed E-state index contributed by atoms with van der Waals surface area (Å²) in [5, 5.41) is 9.67. The lowest BCUT2D eigenvalue weighted by Crippen LogP contribution is -1.99. The summed E-state index contributed by atoms with van der Waals surface area (Å²) in [4.78, 5) is 8.46. The molecular formula is C19H15N5S. The van der Waals surface area contributed by atoms with Crippen LogP contribution in [0.4, 0.5) is 0 Å². The van der Waals surface area contributed by atoms with Gasteiger partial charge in [-0.1, -0.05) is 36.0 Å². The zero-order chi connectivity index (χ0) is 16.9. The molecule has 0 amide bonds. The number of hydrogen-bond acceptors (Lipinski definition) is 5. The van der Waals surface area contributed by atoms with Crippen molar-refractivity contribution < 1.29 is 0 Å². The van der Waals surface area contributed by atoms with Gasteiger partial charge in [0.05, 0.1) is 5.69 Å². The molecule has 0 saturated carbocycles. The Morgan fingerprint density at radius 3 is 2.36 bits per heavy atom. The molecule has 0 aliphatic carbocycles. The van der Waals surface area contributed by atoms with Crippen molar-refractivity contribution in [1.29, 1.82) is 0 Å². The van der Waals surface area contributed by atoms with Gasteiger partial charge in [0.1, 0.15) is 0 Å². The van der Waals surface area contributed by atoms with Crippen molar-refractivity contribution in [2.45, 2.75) is 10.9 Å². The van der Waals surface area contributed by atoms with Crippen LogP contribution in [-0.2, 0) is 5.75 Å². The Kier molecular flexibility index (Phi) is 4.52. The van der Waals surface area contributed by atoms with Crippen LogP contribution in [0.15, 0.2) is 84.4 Å². The summed E-state index contributed by atoms with van der Waals surface area (Å²) in [6.45, 7) is 0. The van der Waals surface area contributed by atoms with Crippen molar-refractivity contribution in [3.05, 3.63) is 84.9 Å². The monoisotopic (exact) mass is 345 g/mol. The van der Waals surface area contributed by atoms with E-state index in [1.807, 2.05) is 48.5 Å². The molecule has 0 saturated heterocycles. The molecule has 122 valence electrons. The van der Waals surface area contributed by atoms with Crippen LogP contribution in [0.5, 0.6) is 0 Å². The minimum atomic E-state index is 0.738. The van der Waals surface area contributed by atoms with Crippen molar-refractivity contribution >= 4 is 11.8 Å². The van der Waals surface area contributed by atoms with Crippen LogP contribution in [0.3, 0.4) is 0 Å². The summed E-state index contributed by atoms with van der Waals surface area (Å²) in [7, 11) is 0. The number of aromatic nitrogens is 5. The summed E-state index contributed by atoms with van der Waals surface area (Å²) in [6.07, 6.45) is 5.33. The molecule has 25 heavy (non-hydrogen) atoms. The van der Waals surface area contributed by atoms with Crippen LogP contribution in [0.25, 0.3) is 17.1 Å². The third-order valence-electron chi connectivity index (χ3n) is 3.66. The highest BCUT2D eigenvalue weighted by molar-refractivity contribution is 7.98. The van der Waals surface area contributed by atoms with Gasteiger partial charge in [-0.15, -0.1) is 10.2 Å². The molecule has 0 aliphatic rings. The van der Waals surface area contributed by atoms with E-state index in [1.165, 1.54) is 0 Å². The second-order valence-corrected chi connectivity index (χ2v) is 6.27. The van der Waals surface area contributed by atoms with Gasteiger partial charge in [0.2, 0.25) is 0 Å². The highest BCUT2D eigenvalue weighted by atomic mass is 32.2. The Balaban J connectivity index is 1.73. The first kappa shape index (κ1) is 15.5. The quantitative estimate of drug-likeness (QED) is 0.511. The Morgan fingerprint density at radius 2 is 1.60 bits per heavy atom. The molecule has 0 spiro atoms. The third kappa shape index (κ3) is 3.44. The second-order valence-electron chi connectivity index (χ2n) is 5.32. The summed E-state index contributed by atoms with van der Waals surface area (Å²) in [5.41, 5.74) is 3.03. The first-order valence-electron chi connectivity index (χ1n) is 7.86. The maximum Gasteiger partial charge on any atom is 0.196 e. The van der Waals surface area contributed by atoms with Crippen molar-refractivity contribution in [3.8, 4) is 17.1 Å². The van der Waals surface area contributed by atoms with Crippen LogP contribution in [0.2, 0.25) is 0 Å². The van der Waals surface area contributed by atoms with Crippen molar-refractivity contribution in [1.82, 2.24) is 24.7 Å². The molecule has 0 fully saturated rings. The summed E-state index contributed by atoms with van der Waals surface area (Å²) >= 11 is 1.62. The largest absolute Gasteiger partial charge is 0.270 e. The van der Waals surface area contributed by atoms with E-state index >= 15 is 0 Å². The number of nitrogens with zero attached hydrogens (tertiary/aromatic N) is 5. The van der Waals surface area contributed by atoms with Gasteiger partial charge in [-0.3, -0.25) is 14.5 Å². The molecule has 0 radical (unpaired) electrons. The number of para-hydroxylation sites is 1. The zero-order valence-corrected chi connectivity index (χ0v) is 14.2. The van der Waals surface area contributed by atoms with Crippen LogP contribution >= 0.6 is 11.8 Å². The predicted molar refractivity (Wildman–Crippen MR) is 98.4 cm³/mol. The van der Waals surface area contributed by atoms with Gasteiger partial charge < -0.3 is 0 Å². The third-order valence-corrected chi connectivity index (χ3v) is 4.62. The fourth-order valence-corrected chi connectivity index (χ4v) is 3.35. The molecule has 1 aromatic carbocycles. The number of thioether (sulfide) groups is 1. The molecule has 6 heteroatoms. The van der Waals surface area contributed by atoms with Crippen molar-refractivity contribution in [2.24, 2.45) is 0 Å². The molecule has 0 N–H and O–H groups in total. The molecule has 4 rings (SSSR count). The first-order valence-corrected chi connectivity index (χ1v) is 8.84. The molecule has 3 aromatic heterocycles. The fraction of sp³-hybridized carbons (Fsp3) is 0.0526. The van der Waals surface area contributed by atoms with Gasteiger partial charge in [-0.05, 0) is 36.4 Å². The summed E-state index contributed by atoms with van der Waals surface area (Å²) < 4.78 is 2.07. The number of benzene rings is 1. The predicted octanol–water partition coefficient (Wildman–Crippen LogP) is 4.02. The van der Waals surface area contributed by atoms with Gasteiger partial charge >= 0.3 is 0 Å². The van der Waals surface area contributed by atoms with Crippen LogP contribution in [-0.4, -0.2) is 24.7 Å². The van der Waals surface area contributed by atoms with E-state index in [1.54, 1.807) is 30.4 Å². The zero-order valence-electron chi connectivity index (χ0n) is 13.4. The van der Waals surface area contributed by atoms with E-state index in [2.05, 4.69) is 36.9 Å². The highest BCUT2D eigenvalue weighted by Gasteiger charge is 2.16. The second kappa shape index (κ2) is 7.27. The van der Waals surface area contributed by atoms with E-state index < -0.39 is 0 Å². The van der Waals surface area contributed by atoms with Crippen molar-refractivity contribution in [3.63, 3.8) is 0 Å². The molecule has 0 aliphatic heterocycles. The average molecular weight is 345 g/mol. The van der Waals surface area contributed by atoms with Gasteiger partial charge in [0.15, 0.2) is 11.0 Å². The molecule has 0 atom stereocenters. The Labute approximate surface area is 149 Å². The van der Waals surface area contributed by atoms with E-state index in [0.717, 1.165) is 33.7 Å². The molecule has 0 bridgehead atoms. The summed E-state index contributed by atoms with van der Waals surface area (Å²) in [6, 6.07) is 19.9. The fourth-order valence-electron chi connectivity index (χ4n) is 2.48. The number of rotatable bonds is 5. The molecular weight excluding hydrogens is 330 g/mol. The van der Waals surface area contributed by atoms with Crippen LogP contribution in [0, 0.1) is 0 Å². The minimum Gasteiger partial charge on any atom is -0.270 e. The lowest BCUT2D eigenvalue weighted by Gasteiger charge is -2.10. The van der Waals surface area contributed by atoms with Gasteiger partial charge in [-0.2, -0.15) is 0 Å². The molecule has 5 nitrogen and oxygen atoms in total. The van der Waals surface area contributed by atoms with Crippen LogP contribution < -0.4 is 0 Å². The van der Waals surface area contributed by atoms with Crippen molar-refractivity contribution in [2.75, 3.05) is 0 Å². The maximum atomic E-state index is 4.42. The van der Waals surface area contributed by atoms with Gasteiger partial charge in [0, 0.05) is 35.6 Å². The number of pyridine rings is 2. The minimum absolute atomic E-state index is 0.738. The summed E-state index contributed by atoms with van der Waals surface area (Å²) in [5.74, 6) is 1.54. The number of hydrogen-bond donors (Lipinski definition) is 0. The Morgan fingerprint density at radius 1 is 0.800 bits per heavy atom. The van der Waals surface area contributed by atoms with E-state index in [4.69, 9.17) is 0 Å². The highest BCUT2D eigenvalue weighted by Crippen LogP contribution is 2.29. The Hall–Kier alpha value is -2.99. The van der Waals surface area contributed by atoms with Gasteiger partial charge in [0.25, 0.3) is 0 Å². The van der Waals surface area contributed by atoms with E-state index in [0.29, 0.717) is 0 Å². The van der Waals surface area contributed by atoms with Gasteiger partial charge in [-0.25, -0.2) is 0 Å². The topological polar surface area (TPSA) is 56.5 Å². The molecule has 3 heterocycles. The lowest BCUT2D eigenvalue weighted by molar-refractivity contribution is 0.885. The van der Waals surface area contributed by atoms with E-state index in [9.17, 15) is 0 Å². The maximum absolute atomic E-state index is 4.42.